The number of halogens is 2. The van der Waals surface area contributed by atoms with Crippen molar-refractivity contribution in [1.82, 2.24) is 9.55 Å². The summed E-state index contributed by atoms with van der Waals surface area (Å²) in [4.78, 5) is 4.32. The highest BCUT2D eigenvalue weighted by molar-refractivity contribution is 6.16. The summed E-state index contributed by atoms with van der Waals surface area (Å²) < 4.78 is 20.4. The minimum atomic E-state index is -0.300. The summed E-state index contributed by atoms with van der Waals surface area (Å²) in [7, 11) is 0. The zero-order chi connectivity index (χ0) is 12.5. The molecule has 0 N–H and O–H groups in total. The van der Waals surface area contributed by atoms with Gasteiger partial charge in [-0.2, -0.15) is 0 Å². The first-order chi connectivity index (χ1) is 8.78. The topological polar surface area (TPSA) is 31.0 Å². The van der Waals surface area contributed by atoms with Crippen LogP contribution in [0.5, 0.6) is 0 Å². The van der Waals surface area contributed by atoms with E-state index in [2.05, 4.69) is 4.98 Å². The van der Waals surface area contributed by atoms with Crippen LogP contribution in [0.15, 0.2) is 41.0 Å². The third-order valence-electron chi connectivity index (χ3n) is 2.80. The molecule has 0 fully saturated rings. The number of fused-ring (bicyclic) bond motifs is 1. The second kappa shape index (κ2) is 4.46. The van der Waals surface area contributed by atoms with Crippen molar-refractivity contribution < 1.29 is 8.81 Å². The van der Waals surface area contributed by atoms with E-state index < -0.39 is 0 Å². The second-order valence-corrected chi connectivity index (χ2v) is 4.23. The van der Waals surface area contributed by atoms with Crippen molar-refractivity contribution >= 4 is 22.6 Å². The van der Waals surface area contributed by atoms with Gasteiger partial charge in [0.25, 0.3) is 0 Å². The Morgan fingerprint density at radius 1 is 1.33 bits per heavy atom. The minimum absolute atomic E-state index is 0.275. The number of imidazole rings is 1. The summed E-state index contributed by atoms with van der Waals surface area (Å²) in [5.74, 6) is 1.49. The van der Waals surface area contributed by atoms with Crippen molar-refractivity contribution in [3.05, 3.63) is 54.0 Å². The molecule has 3 nitrogen and oxygen atoms in total. The average Bonchev–Trinajstić information content (AvgIpc) is 2.97. The fraction of sp³-hybridized carbons (Fsp3) is 0.154. The Bertz CT molecular complexity index is 676. The van der Waals surface area contributed by atoms with Crippen LogP contribution in [0.25, 0.3) is 11.0 Å². The van der Waals surface area contributed by atoms with Gasteiger partial charge in [-0.15, -0.1) is 11.6 Å². The van der Waals surface area contributed by atoms with E-state index >= 15 is 0 Å². The average molecular weight is 265 g/mol. The fourth-order valence-electron chi connectivity index (χ4n) is 1.99. The van der Waals surface area contributed by atoms with Crippen LogP contribution in [-0.4, -0.2) is 9.55 Å². The molecule has 92 valence electrons. The summed E-state index contributed by atoms with van der Waals surface area (Å²) in [5.41, 5.74) is 1.46. The molecule has 0 saturated carbocycles. The Hall–Kier alpha value is -1.81. The van der Waals surface area contributed by atoms with E-state index in [0.717, 1.165) is 11.3 Å². The van der Waals surface area contributed by atoms with Gasteiger partial charge < -0.3 is 8.98 Å². The molecule has 0 amide bonds. The van der Waals surface area contributed by atoms with Gasteiger partial charge in [-0.25, -0.2) is 9.37 Å². The van der Waals surface area contributed by atoms with E-state index in [-0.39, 0.29) is 11.7 Å². The number of aromatic nitrogens is 2. The molecular formula is C13H10ClFN2O. The monoisotopic (exact) mass is 264 g/mol. The lowest BCUT2D eigenvalue weighted by molar-refractivity contribution is 0.493. The molecule has 5 heteroatoms. The summed E-state index contributed by atoms with van der Waals surface area (Å²) in [6.07, 6.45) is 1.62. The molecule has 3 aromatic rings. The highest BCUT2D eigenvalue weighted by Gasteiger charge is 2.11. The van der Waals surface area contributed by atoms with Crippen LogP contribution in [-0.2, 0) is 12.4 Å². The van der Waals surface area contributed by atoms with Crippen LogP contribution in [0.1, 0.15) is 11.6 Å². The predicted molar refractivity (Wildman–Crippen MR) is 67.1 cm³/mol. The normalized spacial score (nSPS) is 11.2. The van der Waals surface area contributed by atoms with E-state index in [9.17, 15) is 4.39 Å². The van der Waals surface area contributed by atoms with Crippen LogP contribution in [0.3, 0.4) is 0 Å². The third kappa shape index (κ3) is 1.88. The molecular weight excluding hydrogens is 255 g/mol. The van der Waals surface area contributed by atoms with Crippen molar-refractivity contribution in [2.75, 3.05) is 0 Å². The maximum absolute atomic E-state index is 13.2. The van der Waals surface area contributed by atoms with Crippen molar-refractivity contribution in [2.45, 2.75) is 12.4 Å². The van der Waals surface area contributed by atoms with Gasteiger partial charge in [0.05, 0.1) is 29.7 Å². The van der Waals surface area contributed by atoms with Crippen LogP contribution in [0, 0.1) is 5.82 Å². The van der Waals surface area contributed by atoms with Crippen LogP contribution in [0.2, 0.25) is 0 Å². The summed E-state index contributed by atoms with van der Waals surface area (Å²) >= 11 is 5.88. The number of alkyl halides is 1. The van der Waals surface area contributed by atoms with Gasteiger partial charge in [0.1, 0.15) is 17.4 Å². The van der Waals surface area contributed by atoms with Crippen LogP contribution < -0.4 is 0 Å². The molecule has 1 aromatic carbocycles. The number of hydrogen-bond acceptors (Lipinski definition) is 2. The molecule has 0 aliphatic heterocycles. The predicted octanol–water partition coefficient (Wildman–Crippen LogP) is 3.56. The van der Waals surface area contributed by atoms with E-state index in [4.69, 9.17) is 16.0 Å². The van der Waals surface area contributed by atoms with Crippen molar-refractivity contribution in [2.24, 2.45) is 0 Å². The molecule has 0 spiro atoms. The molecule has 0 aliphatic carbocycles. The number of hydrogen-bond donors (Lipinski definition) is 0. The van der Waals surface area contributed by atoms with E-state index in [1.54, 1.807) is 12.3 Å². The van der Waals surface area contributed by atoms with Gasteiger partial charge in [-0.3, -0.25) is 0 Å². The maximum Gasteiger partial charge on any atom is 0.125 e. The molecule has 2 aromatic heterocycles. The number of rotatable bonds is 3. The molecule has 18 heavy (non-hydrogen) atoms. The smallest absolute Gasteiger partial charge is 0.125 e. The van der Waals surface area contributed by atoms with Gasteiger partial charge >= 0.3 is 0 Å². The number of nitrogens with zero attached hydrogens (tertiary/aromatic N) is 2. The van der Waals surface area contributed by atoms with Gasteiger partial charge in [0.2, 0.25) is 0 Å². The second-order valence-electron chi connectivity index (χ2n) is 3.96. The Kier molecular flexibility index (Phi) is 2.80. The lowest BCUT2D eigenvalue weighted by Crippen LogP contribution is -2.02. The standard InChI is InChI=1S/C13H10ClFN2O/c14-7-13-16-11-6-9(15)3-4-12(11)17(13)8-10-2-1-5-18-10/h1-6H,7-8H2. The third-order valence-corrected chi connectivity index (χ3v) is 3.04. The summed E-state index contributed by atoms with van der Waals surface area (Å²) in [6.45, 7) is 0.539. The van der Waals surface area contributed by atoms with E-state index in [0.29, 0.717) is 17.9 Å². The Morgan fingerprint density at radius 2 is 2.22 bits per heavy atom. The lowest BCUT2D eigenvalue weighted by atomic mass is 10.3. The van der Waals surface area contributed by atoms with E-state index in [1.165, 1.54) is 12.1 Å². The first-order valence-corrected chi connectivity index (χ1v) is 6.04. The molecule has 0 unspecified atom stereocenters. The van der Waals surface area contributed by atoms with Gasteiger partial charge in [-0.1, -0.05) is 0 Å². The minimum Gasteiger partial charge on any atom is -0.467 e. The lowest BCUT2D eigenvalue weighted by Gasteiger charge is -2.05. The van der Waals surface area contributed by atoms with Gasteiger partial charge in [0.15, 0.2) is 0 Å². The molecule has 0 radical (unpaired) electrons. The number of benzene rings is 1. The van der Waals surface area contributed by atoms with Crippen LogP contribution in [0.4, 0.5) is 4.39 Å². The summed E-state index contributed by atoms with van der Waals surface area (Å²) in [5, 5.41) is 0. The maximum atomic E-state index is 13.2. The van der Waals surface area contributed by atoms with Gasteiger partial charge in [0, 0.05) is 6.07 Å². The molecule has 3 rings (SSSR count). The Morgan fingerprint density at radius 3 is 2.94 bits per heavy atom. The van der Waals surface area contributed by atoms with Gasteiger partial charge in [-0.05, 0) is 24.3 Å². The fourth-order valence-corrected chi connectivity index (χ4v) is 2.19. The highest BCUT2D eigenvalue weighted by Crippen LogP contribution is 2.20. The zero-order valence-corrected chi connectivity index (χ0v) is 10.2. The Labute approximate surface area is 108 Å². The molecule has 0 saturated heterocycles. The molecule has 0 atom stereocenters. The van der Waals surface area contributed by atoms with Crippen LogP contribution >= 0.6 is 11.6 Å². The SMILES string of the molecule is Fc1ccc2c(c1)nc(CCl)n2Cc1ccco1. The molecule has 0 aliphatic rings. The van der Waals surface area contributed by atoms with E-state index in [1.807, 2.05) is 16.7 Å². The summed E-state index contributed by atoms with van der Waals surface area (Å²) in [6, 6.07) is 8.24. The number of furan rings is 1. The van der Waals surface area contributed by atoms with Crippen molar-refractivity contribution in [3.63, 3.8) is 0 Å². The Balaban J connectivity index is 2.13. The van der Waals surface area contributed by atoms with Crippen molar-refractivity contribution in [1.29, 1.82) is 0 Å². The quantitative estimate of drug-likeness (QED) is 0.677. The first kappa shape index (κ1) is 11.3. The first-order valence-electron chi connectivity index (χ1n) is 5.51. The van der Waals surface area contributed by atoms with Crippen molar-refractivity contribution in [3.8, 4) is 0 Å². The largest absolute Gasteiger partial charge is 0.467 e. The zero-order valence-electron chi connectivity index (χ0n) is 9.44. The molecule has 0 bridgehead atoms. The molecule has 2 heterocycles. The highest BCUT2D eigenvalue weighted by atomic mass is 35.5.